The van der Waals surface area contributed by atoms with Crippen LogP contribution in [0.15, 0.2) is 54.7 Å². The second-order valence-electron chi connectivity index (χ2n) is 8.22. The first-order chi connectivity index (χ1) is 14.7. The normalized spacial score (nSPS) is 17.2. The fraction of sp³-hybridized carbons (Fsp3) is 0.360. The molecule has 2 heterocycles. The van der Waals surface area contributed by atoms with Crippen LogP contribution in [0.25, 0.3) is 22.0 Å². The number of fused-ring (bicyclic) bond motifs is 1. The van der Waals surface area contributed by atoms with Gasteiger partial charge in [-0.3, -0.25) is 9.78 Å². The highest BCUT2D eigenvalue weighted by Crippen LogP contribution is 2.32. The van der Waals surface area contributed by atoms with Crippen LogP contribution in [0.4, 0.5) is 0 Å². The smallest absolute Gasteiger partial charge is 0.225 e. The van der Waals surface area contributed by atoms with Crippen molar-refractivity contribution >= 4 is 16.8 Å². The van der Waals surface area contributed by atoms with E-state index in [-0.39, 0.29) is 6.10 Å². The summed E-state index contributed by atoms with van der Waals surface area (Å²) in [4.78, 5) is 18.8. The van der Waals surface area contributed by atoms with Gasteiger partial charge in [0.2, 0.25) is 5.91 Å². The minimum Gasteiger partial charge on any atom is -0.497 e. The summed E-state index contributed by atoms with van der Waals surface area (Å²) in [5.74, 6) is 2.36. The van der Waals surface area contributed by atoms with Crippen LogP contribution in [0.2, 0.25) is 0 Å². The third-order valence-electron chi connectivity index (χ3n) is 6.06. The van der Waals surface area contributed by atoms with Gasteiger partial charge in [0.05, 0.1) is 12.6 Å². The molecule has 1 saturated heterocycles. The second kappa shape index (κ2) is 7.98. The molecule has 2 aromatic carbocycles. The molecule has 0 bridgehead atoms. The van der Waals surface area contributed by atoms with Gasteiger partial charge in [0, 0.05) is 49.0 Å². The molecule has 0 atom stereocenters. The Balaban J connectivity index is 1.23. The zero-order valence-corrected chi connectivity index (χ0v) is 17.2. The van der Waals surface area contributed by atoms with Gasteiger partial charge in [-0.25, -0.2) is 0 Å². The van der Waals surface area contributed by atoms with Crippen molar-refractivity contribution in [2.45, 2.75) is 31.8 Å². The molecule has 2 fully saturated rings. The third kappa shape index (κ3) is 3.97. The monoisotopic (exact) mass is 402 g/mol. The maximum absolute atomic E-state index is 12.2. The predicted molar refractivity (Wildman–Crippen MR) is 117 cm³/mol. The fourth-order valence-corrected chi connectivity index (χ4v) is 4.10. The SMILES string of the molecule is COc1ccc2ncc(-c3ccc(OC4CCN(C(=O)C5CC5)CC4)cc3)cc2c1. The number of piperidine rings is 1. The number of ether oxygens (including phenoxy) is 2. The van der Waals surface area contributed by atoms with Gasteiger partial charge in [-0.1, -0.05) is 12.1 Å². The van der Waals surface area contributed by atoms with E-state index in [1.807, 2.05) is 41.4 Å². The molecule has 0 N–H and O–H groups in total. The van der Waals surface area contributed by atoms with Crippen molar-refractivity contribution in [3.05, 3.63) is 54.7 Å². The van der Waals surface area contributed by atoms with Gasteiger partial charge < -0.3 is 14.4 Å². The standard InChI is InChI=1S/C25H26N2O3/c1-29-23-8-9-24-19(15-23)14-20(16-26-24)17-4-6-21(7-5-17)30-22-10-12-27(13-11-22)25(28)18-2-3-18/h4-9,14-16,18,22H,2-3,10-13H2,1H3. The maximum atomic E-state index is 12.2. The second-order valence-corrected chi connectivity index (χ2v) is 8.22. The summed E-state index contributed by atoms with van der Waals surface area (Å²) < 4.78 is 11.5. The number of rotatable bonds is 5. The van der Waals surface area contributed by atoms with Gasteiger partial charge in [0.15, 0.2) is 0 Å². The number of hydrogen-bond acceptors (Lipinski definition) is 4. The van der Waals surface area contributed by atoms with E-state index in [0.717, 1.165) is 72.3 Å². The molecule has 30 heavy (non-hydrogen) atoms. The largest absolute Gasteiger partial charge is 0.497 e. The van der Waals surface area contributed by atoms with Crippen LogP contribution in [0.3, 0.4) is 0 Å². The molecule has 2 aliphatic rings. The Bertz CT molecular complexity index is 1050. The lowest BCUT2D eigenvalue weighted by molar-refractivity contribution is -0.134. The molecular weight excluding hydrogens is 376 g/mol. The molecular formula is C25H26N2O3. The summed E-state index contributed by atoms with van der Waals surface area (Å²) in [5.41, 5.74) is 3.12. The number of aromatic nitrogens is 1. The van der Waals surface area contributed by atoms with Crippen molar-refractivity contribution in [2.24, 2.45) is 5.92 Å². The average molecular weight is 402 g/mol. The topological polar surface area (TPSA) is 51.7 Å². The van der Waals surface area contributed by atoms with Gasteiger partial charge >= 0.3 is 0 Å². The van der Waals surface area contributed by atoms with E-state index < -0.39 is 0 Å². The van der Waals surface area contributed by atoms with E-state index in [1.165, 1.54) is 0 Å². The van der Waals surface area contributed by atoms with Crippen molar-refractivity contribution in [3.63, 3.8) is 0 Å². The van der Waals surface area contributed by atoms with Crippen LogP contribution < -0.4 is 9.47 Å². The van der Waals surface area contributed by atoms with Crippen molar-refractivity contribution in [2.75, 3.05) is 20.2 Å². The first-order valence-electron chi connectivity index (χ1n) is 10.7. The van der Waals surface area contributed by atoms with E-state index in [4.69, 9.17) is 9.47 Å². The molecule has 5 nitrogen and oxygen atoms in total. The summed E-state index contributed by atoms with van der Waals surface area (Å²) in [6.45, 7) is 1.62. The van der Waals surface area contributed by atoms with Gasteiger partial charge in [-0.2, -0.15) is 0 Å². The molecule has 1 aliphatic carbocycles. The highest BCUT2D eigenvalue weighted by molar-refractivity contribution is 5.84. The number of carbonyl (C=O) groups is 1. The number of pyridine rings is 1. The Morgan fingerprint density at radius 2 is 1.67 bits per heavy atom. The number of methoxy groups -OCH3 is 1. The van der Waals surface area contributed by atoms with Crippen molar-refractivity contribution in [1.29, 1.82) is 0 Å². The minimum absolute atomic E-state index is 0.175. The van der Waals surface area contributed by atoms with Crippen LogP contribution in [0, 0.1) is 5.92 Å². The average Bonchev–Trinajstić information content (AvgIpc) is 3.64. The Kier molecular flexibility index (Phi) is 5.03. The highest BCUT2D eigenvalue weighted by atomic mass is 16.5. The summed E-state index contributed by atoms with van der Waals surface area (Å²) in [6, 6.07) is 16.2. The first kappa shape index (κ1) is 18.9. The summed E-state index contributed by atoms with van der Waals surface area (Å²) in [7, 11) is 1.67. The third-order valence-corrected chi connectivity index (χ3v) is 6.06. The van der Waals surface area contributed by atoms with Gasteiger partial charge in [-0.05, 0) is 54.8 Å². The summed E-state index contributed by atoms with van der Waals surface area (Å²) in [6.07, 6.45) is 6.02. The zero-order valence-electron chi connectivity index (χ0n) is 17.2. The van der Waals surface area contributed by atoms with Crippen LogP contribution >= 0.6 is 0 Å². The molecule has 0 spiro atoms. The number of nitrogens with zero attached hydrogens (tertiary/aromatic N) is 2. The van der Waals surface area contributed by atoms with Crippen molar-refractivity contribution in [3.8, 4) is 22.6 Å². The van der Waals surface area contributed by atoms with Crippen LogP contribution in [-0.4, -0.2) is 42.1 Å². The summed E-state index contributed by atoms with van der Waals surface area (Å²) in [5, 5.41) is 1.06. The maximum Gasteiger partial charge on any atom is 0.225 e. The Morgan fingerprint density at radius 3 is 2.37 bits per heavy atom. The Hall–Kier alpha value is -3.08. The van der Waals surface area contributed by atoms with E-state index in [9.17, 15) is 4.79 Å². The fourth-order valence-electron chi connectivity index (χ4n) is 4.10. The van der Waals surface area contributed by atoms with Crippen LogP contribution in [-0.2, 0) is 4.79 Å². The molecule has 5 rings (SSSR count). The Labute approximate surface area is 176 Å². The Morgan fingerprint density at radius 1 is 0.933 bits per heavy atom. The molecule has 1 amide bonds. The molecule has 3 aromatic rings. The van der Waals surface area contributed by atoms with E-state index in [1.54, 1.807) is 7.11 Å². The number of carbonyl (C=O) groups excluding carboxylic acids is 1. The van der Waals surface area contributed by atoms with Crippen LogP contribution in [0.1, 0.15) is 25.7 Å². The van der Waals surface area contributed by atoms with Gasteiger partial charge in [-0.15, -0.1) is 0 Å². The van der Waals surface area contributed by atoms with Crippen molar-refractivity contribution in [1.82, 2.24) is 9.88 Å². The quantitative estimate of drug-likeness (QED) is 0.621. The molecule has 154 valence electrons. The number of likely N-dealkylation sites (tertiary alicyclic amines) is 1. The lowest BCUT2D eigenvalue weighted by Crippen LogP contribution is -2.42. The molecule has 1 saturated carbocycles. The summed E-state index contributed by atoms with van der Waals surface area (Å²) >= 11 is 0. The van der Waals surface area contributed by atoms with Gasteiger partial charge in [0.25, 0.3) is 0 Å². The van der Waals surface area contributed by atoms with E-state index >= 15 is 0 Å². The van der Waals surface area contributed by atoms with Gasteiger partial charge in [0.1, 0.15) is 17.6 Å². The number of hydrogen-bond donors (Lipinski definition) is 0. The molecule has 1 aromatic heterocycles. The number of benzene rings is 2. The molecule has 0 unspecified atom stereocenters. The molecule has 0 radical (unpaired) electrons. The lowest BCUT2D eigenvalue weighted by atomic mass is 10.0. The van der Waals surface area contributed by atoms with Crippen LogP contribution in [0.5, 0.6) is 11.5 Å². The van der Waals surface area contributed by atoms with E-state index in [2.05, 4.69) is 23.2 Å². The molecule has 1 aliphatic heterocycles. The number of amides is 1. The lowest BCUT2D eigenvalue weighted by Gasteiger charge is -2.32. The predicted octanol–water partition coefficient (Wildman–Crippen LogP) is 4.69. The highest BCUT2D eigenvalue weighted by Gasteiger charge is 2.35. The minimum atomic E-state index is 0.175. The first-order valence-corrected chi connectivity index (χ1v) is 10.7. The zero-order chi connectivity index (χ0) is 20.5. The molecule has 5 heteroatoms. The van der Waals surface area contributed by atoms with E-state index in [0.29, 0.717) is 11.8 Å². The van der Waals surface area contributed by atoms with Crippen molar-refractivity contribution < 1.29 is 14.3 Å².